The Morgan fingerprint density at radius 3 is 2.50 bits per heavy atom. The van der Waals surface area contributed by atoms with E-state index in [-0.39, 0.29) is 23.5 Å². The molecule has 100 valence electrons. The Hall–Kier alpha value is -1.82. The topological polar surface area (TPSA) is 86.8 Å². The first kappa shape index (κ1) is 14.2. The van der Waals surface area contributed by atoms with Crippen LogP contribution in [-0.2, 0) is 0 Å². The fraction of sp³-hybridized carbons (Fsp3) is 0.417. The van der Waals surface area contributed by atoms with Gasteiger partial charge in [0, 0.05) is 19.3 Å². The lowest BCUT2D eigenvalue weighted by molar-refractivity contribution is 0.0698. The second-order valence-electron chi connectivity index (χ2n) is 4.86. The third kappa shape index (κ3) is 3.33. The van der Waals surface area contributed by atoms with E-state index in [1.54, 1.807) is 20.9 Å². The van der Waals surface area contributed by atoms with Gasteiger partial charge < -0.3 is 20.8 Å². The molecule has 0 atom stereocenters. The number of carbonyl (C=O) groups is 1. The average molecular weight is 256 g/mol. The molecule has 0 saturated carbocycles. The maximum absolute atomic E-state index is 13.7. The van der Waals surface area contributed by atoms with Crippen LogP contribution in [0.5, 0.6) is 0 Å². The van der Waals surface area contributed by atoms with Crippen molar-refractivity contribution >= 4 is 17.3 Å². The van der Waals surface area contributed by atoms with Crippen LogP contribution in [0.15, 0.2) is 12.1 Å². The van der Waals surface area contributed by atoms with E-state index in [0.29, 0.717) is 0 Å². The number of halogens is 1. The molecular weight excluding hydrogens is 239 g/mol. The summed E-state index contributed by atoms with van der Waals surface area (Å²) >= 11 is 0. The smallest absolute Gasteiger partial charge is 0.337 e. The SMILES string of the molecule is CN(CC(C)(C)O)c1cc(C(=O)O)c(N)cc1F. The van der Waals surface area contributed by atoms with Crippen LogP contribution in [0.1, 0.15) is 24.2 Å². The van der Waals surface area contributed by atoms with Crippen LogP contribution in [-0.4, -0.2) is 35.4 Å². The molecule has 0 spiro atoms. The summed E-state index contributed by atoms with van der Waals surface area (Å²) in [5, 5.41) is 18.6. The van der Waals surface area contributed by atoms with Crippen molar-refractivity contribution in [2.75, 3.05) is 24.2 Å². The number of nitrogens with two attached hydrogens (primary N) is 1. The number of benzene rings is 1. The number of aromatic carboxylic acids is 1. The number of carboxylic acids is 1. The summed E-state index contributed by atoms with van der Waals surface area (Å²) < 4.78 is 13.7. The third-order valence-corrected chi connectivity index (χ3v) is 2.38. The number of aliphatic hydroxyl groups is 1. The Morgan fingerprint density at radius 1 is 1.50 bits per heavy atom. The molecule has 0 fully saturated rings. The second kappa shape index (κ2) is 4.81. The standard InChI is InChI=1S/C12H17FN2O3/c1-12(2,18)6-15(3)10-4-7(11(16)17)9(14)5-8(10)13/h4-5,18H,6,14H2,1-3H3,(H,16,17). The number of rotatable bonds is 4. The van der Waals surface area contributed by atoms with E-state index in [9.17, 15) is 14.3 Å². The molecule has 4 N–H and O–H groups in total. The summed E-state index contributed by atoms with van der Waals surface area (Å²) in [6, 6.07) is 2.14. The molecule has 0 unspecified atom stereocenters. The molecule has 0 radical (unpaired) electrons. The summed E-state index contributed by atoms with van der Waals surface area (Å²) in [6.45, 7) is 3.32. The van der Waals surface area contributed by atoms with E-state index in [2.05, 4.69) is 0 Å². The van der Waals surface area contributed by atoms with E-state index in [0.717, 1.165) is 6.07 Å². The number of nitrogen functional groups attached to an aromatic ring is 1. The van der Waals surface area contributed by atoms with Gasteiger partial charge in [0.2, 0.25) is 0 Å². The second-order valence-corrected chi connectivity index (χ2v) is 4.86. The molecule has 0 aromatic heterocycles. The zero-order chi connectivity index (χ0) is 14.1. The number of nitrogens with zero attached hydrogens (tertiary/aromatic N) is 1. The van der Waals surface area contributed by atoms with Gasteiger partial charge in [-0.05, 0) is 26.0 Å². The number of likely N-dealkylation sites (N-methyl/N-ethyl adjacent to an activating group) is 1. The minimum atomic E-state index is -1.22. The van der Waals surface area contributed by atoms with Crippen LogP contribution in [0.4, 0.5) is 15.8 Å². The van der Waals surface area contributed by atoms with Crippen molar-refractivity contribution in [1.82, 2.24) is 0 Å². The molecule has 18 heavy (non-hydrogen) atoms. The number of anilines is 2. The van der Waals surface area contributed by atoms with Crippen molar-refractivity contribution in [3.63, 3.8) is 0 Å². The van der Waals surface area contributed by atoms with Gasteiger partial charge in [-0.25, -0.2) is 9.18 Å². The number of carboxylic acid groups (broad SMARTS) is 1. The zero-order valence-electron chi connectivity index (χ0n) is 10.6. The molecular formula is C12H17FN2O3. The summed E-state index contributed by atoms with van der Waals surface area (Å²) in [6.07, 6.45) is 0. The minimum absolute atomic E-state index is 0.0868. The van der Waals surface area contributed by atoms with Gasteiger partial charge in [-0.3, -0.25) is 0 Å². The molecule has 0 amide bonds. The highest BCUT2D eigenvalue weighted by molar-refractivity contribution is 5.95. The van der Waals surface area contributed by atoms with Crippen molar-refractivity contribution in [1.29, 1.82) is 0 Å². The summed E-state index contributed by atoms with van der Waals surface area (Å²) in [5.41, 5.74) is 4.21. The lowest BCUT2D eigenvalue weighted by Crippen LogP contribution is -2.36. The van der Waals surface area contributed by atoms with E-state index >= 15 is 0 Å². The Morgan fingerprint density at radius 2 is 2.06 bits per heavy atom. The van der Waals surface area contributed by atoms with E-state index < -0.39 is 17.4 Å². The van der Waals surface area contributed by atoms with Crippen LogP contribution in [0.25, 0.3) is 0 Å². The van der Waals surface area contributed by atoms with Gasteiger partial charge >= 0.3 is 5.97 Å². The number of hydrogen-bond acceptors (Lipinski definition) is 4. The molecule has 5 nitrogen and oxygen atoms in total. The third-order valence-electron chi connectivity index (χ3n) is 2.38. The summed E-state index contributed by atoms with van der Waals surface area (Å²) in [5.74, 6) is -1.84. The van der Waals surface area contributed by atoms with Gasteiger partial charge in [0.05, 0.1) is 16.9 Å². The van der Waals surface area contributed by atoms with Gasteiger partial charge in [0.1, 0.15) is 5.82 Å². The average Bonchev–Trinajstić information content (AvgIpc) is 2.13. The van der Waals surface area contributed by atoms with Gasteiger partial charge in [-0.2, -0.15) is 0 Å². The fourth-order valence-corrected chi connectivity index (χ4v) is 1.72. The van der Waals surface area contributed by atoms with Crippen molar-refractivity contribution in [3.8, 4) is 0 Å². The maximum atomic E-state index is 13.7. The highest BCUT2D eigenvalue weighted by Crippen LogP contribution is 2.25. The van der Waals surface area contributed by atoms with Gasteiger partial charge in [0.15, 0.2) is 0 Å². The predicted molar refractivity (Wildman–Crippen MR) is 67.3 cm³/mol. The molecule has 0 heterocycles. The summed E-state index contributed by atoms with van der Waals surface area (Å²) in [4.78, 5) is 12.4. The maximum Gasteiger partial charge on any atom is 0.337 e. The minimum Gasteiger partial charge on any atom is -0.478 e. The Kier molecular flexibility index (Phi) is 3.81. The lowest BCUT2D eigenvalue weighted by atomic mass is 10.1. The Bertz CT molecular complexity index is 469. The molecule has 1 rings (SSSR count). The first-order valence-corrected chi connectivity index (χ1v) is 5.37. The van der Waals surface area contributed by atoms with Crippen LogP contribution in [0.2, 0.25) is 0 Å². The number of hydrogen-bond donors (Lipinski definition) is 3. The highest BCUT2D eigenvalue weighted by Gasteiger charge is 2.20. The molecule has 1 aromatic rings. The van der Waals surface area contributed by atoms with Crippen molar-refractivity contribution in [2.45, 2.75) is 19.4 Å². The van der Waals surface area contributed by atoms with Crippen LogP contribution in [0, 0.1) is 5.82 Å². The molecule has 0 aliphatic heterocycles. The Balaban J connectivity index is 3.16. The van der Waals surface area contributed by atoms with Gasteiger partial charge in [-0.15, -0.1) is 0 Å². The first-order valence-electron chi connectivity index (χ1n) is 5.37. The van der Waals surface area contributed by atoms with Crippen LogP contribution >= 0.6 is 0 Å². The predicted octanol–water partition coefficient (Wildman–Crippen LogP) is 1.31. The van der Waals surface area contributed by atoms with E-state index in [1.807, 2.05) is 0 Å². The molecule has 0 aliphatic rings. The normalized spacial score (nSPS) is 11.4. The molecule has 0 bridgehead atoms. The van der Waals surface area contributed by atoms with Crippen molar-refractivity contribution < 1.29 is 19.4 Å². The van der Waals surface area contributed by atoms with Crippen LogP contribution < -0.4 is 10.6 Å². The van der Waals surface area contributed by atoms with E-state index in [1.165, 1.54) is 11.0 Å². The molecule has 0 saturated heterocycles. The van der Waals surface area contributed by atoms with Gasteiger partial charge in [0.25, 0.3) is 0 Å². The fourth-order valence-electron chi connectivity index (χ4n) is 1.72. The molecule has 1 aromatic carbocycles. The zero-order valence-corrected chi connectivity index (χ0v) is 10.6. The van der Waals surface area contributed by atoms with Crippen molar-refractivity contribution in [3.05, 3.63) is 23.5 Å². The largest absolute Gasteiger partial charge is 0.478 e. The van der Waals surface area contributed by atoms with Crippen LogP contribution in [0.3, 0.4) is 0 Å². The van der Waals surface area contributed by atoms with Crippen molar-refractivity contribution in [2.24, 2.45) is 0 Å². The Labute approximate surface area is 105 Å². The quantitative estimate of drug-likeness (QED) is 0.707. The first-order chi connectivity index (χ1) is 8.11. The van der Waals surface area contributed by atoms with E-state index in [4.69, 9.17) is 10.8 Å². The lowest BCUT2D eigenvalue weighted by Gasteiger charge is -2.27. The monoisotopic (exact) mass is 256 g/mol. The summed E-state index contributed by atoms with van der Waals surface area (Å²) in [7, 11) is 1.57. The highest BCUT2D eigenvalue weighted by atomic mass is 19.1. The van der Waals surface area contributed by atoms with Gasteiger partial charge in [-0.1, -0.05) is 0 Å². The molecule has 0 aliphatic carbocycles. The molecule has 6 heteroatoms.